The van der Waals surface area contributed by atoms with Crippen LogP contribution in [0.25, 0.3) is 10.9 Å². The van der Waals surface area contributed by atoms with E-state index in [0.717, 1.165) is 16.6 Å². The monoisotopic (exact) mass is 425 g/mol. The van der Waals surface area contributed by atoms with E-state index in [1.165, 1.54) is 16.6 Å². The predicted molar refractivity (Wildman–Crippen MR) is 114 cm³/mol. The number of anilines is 1. The third-order valence-electron chi connectivity index (χ3n) is 5.15. The Labute approximate surface area is 175 Å². The lowest BCUT2D eigenvalue weighted by Crippen LogP contribution is -2.55. The van der Waals surface area contributed by atoms with Gasteiger partial charge in [-0.3, -0.25) is 14.7 Å². The lowest BCUT2D eigenvalue weighted by molar-refractivity contribution is -0.117. The van der Waals surface area contributed by atoms with Gasteiger partial charge < -0.3 is 5.32 Å². The summed E-state index contributed by atoms with van der Waals surface area (Å²) in [7, 11) is -3.65. The van der Waals surface area contributed by atoms with Crippen LogP contribution in [0.4, 0.5) is 5.69 Å². The quantitative estimate of drug-likeness (QED) is 0.671. The Morgan fingerprint density at radius 1 is 1.07 bits per heavy atom. The van der Waals surface area contributed by atoms with E-state index in [9.17, 15) is 13.2 Å². The fourth-order valence-electron chi connectivity index (χ4n) is 3.74. The van der Waals surface area contributed by atoms with Gasteiger partial charge in [0.05, 0.1) is 17.7 Å². The van der Waals surface area contributed by atoms with Crippen LogP contribution in [0.3, 0.4) is 0 Å². The Bertz CT molecular complexity index is 1150. The normalized spacial score (nSPS) is 18.4. The second-order valence-corrected chi connectivity index (χ2v) is 9.13. The maximum Gasteiger partial charge on any atom is 0.260 e. The van der Waals surface area contributed by atoms with Crippen LogP contribution in [0, 0.1) is 0 Å². The Morgan fingerprint density at radius 3 is 2.67 bits per heavy atom. The molecule has 0 bridgehead atoms. The van der Waals surface area contributed by atoms with Crippen molar-refractivity contribution in [1.82, 2.24) is 19.2 Å². The van der Waals surface area contributed by atoms with Gasteiger partial charge in [0, 0.05) is 43.5 Å². The molecule has 0 unspecified atom stereocenters. The van der Waals surface area contributed by atoms with Crippen molar-refractivity contribution in [2.24, 2.45) is 0 Å². The van der Waals surface area contributed by atoms with Gasteiger partial charge in [0.15, 0.2) is 5.03 Å². The molecule has 2 aromatic heterocycles. The highest BCUT2D eigenvalue weighted by Crippen LogP contribution is 2.22. The Balaban J connectivity index is 1.40. The number of pyridine rings is 2. The number of rotatable bonds is 5. The molecule has 1 saturated heterocycles. The van der Waals surface area contributed by atoms with Gasteiger partial charge in [-0.15, -0.1) is 0 Å². The third kappa shape index (κ3) is 4.18. The van der Waals surface area contributed by atoms with Crippen LogP contribution in [0.15, 0.2) is 66.0 Å². The molecule has 0 aliphatic carbocycles. The van der Waals surface area contributed by atoms with Crippen molar-refractivity contribution in [3.63, 3.8) is 0 Å². The van der Waals surface area contributed by atoms with Gasteiger partial charge in [0.1, 0.15) is 0 Å². The molecule has 8 nitrogen and oxygen atoms in total. The summed E-state index contributed by atoms with van der Waals surface area (Å²) >= 11 is 0. The molecule has 1 atom stereocenters. The Hall–Kier alpha value is -2.88. The van der Waals surface area contributed by atoms with Crippen LogP contribution in [0.2, 0.25) is 0 Å². The van der Waals surface area contributed by atoms with Crippen molar-refractivity contribution in [3.8, 4) is 0 Å². The van der Waals surface area contributed by atoms with Crippen molar-refractivity contribution in [2.45, 2.75) is 18.0 Å². The topological polar surface area (TPSA) is 95.5 Å². The first-order valence-corrected chi connectivity index (χ1v) is 11.2. The van der Waals surface area contributed by atoms with Crippen molar-refractivity contribution >= 4 is 32.5 Å². The fraction of sp³-hybridized carbons (Fsp3) is 0.286. The zero-order chi connectivity index (χ0) is 21.1. The number of carbonyl (C=O) groups excluding carboxylic acids is 1. The molecule has 4 rings (SSSR count). The highest BCUT2D eigenvalue weighted by atomic mass is 32.2. The van der Waals surface area contributed by atoms with E-state index in [1.807, 2.05) is 42.2 Å². The minimum absolute atomic E-state index is 0.0487. The number of nitrogens with one attached hydrogen (secondary N) is 1. The summed E-state index contributed by atoms with van der Waals surface area (Å²) in [5.74, 6) is -0.139. The summed E-state index contributed by atoms with van der Waals surface area (Å²) in [4.78, 5) is 22.9. The summed E-state index contributed by atoms with van der Waals surface area (Å²) in [6.45, 7) is 3.29. The molecule has 0 spiro atoms. The van der Waals surface area contributed by atoms with Crippen LogP contribution in [0.5, 0.6) is 0 Å². The molecule has 156 valence electrons. The van der Waals surface area contributed by atoms with Crippen molar-refractivity contribution in [3.05, 3.63) is 60.9 Å². The number of hydrogen-bond acceptors (Lipinski definition) is 6. The fourth-order valence-corrected chi connectivity index (χ4v) is 5.29. The number of amides is 1. The zero-order valence-corrected chi connectivity index (χ0v) is 17.4. The van der Waals surface area contributed by atoms with Crippen LogP contribution in [0.1, 0.15) is 6.92 Å². The van der Waals surface area contributed by atoms with Gasteiger partial charge >= 0.3 is 0 Å². The number of benzene rings is 1. The second-order valence-electron chi connectivity index (χ2n) is 7.29. The van der Waals surface area contributed by atoms with Gasteiger partial charge in [-0.05, 0) is 43.3 Å². The van der Waals surface area contributed by atoms with Crippen molar-refractivity contribution in [1.29, 1.82) is 0 Å². The van der Waals surface area contributed by atoms with E-state index in [1.54, 1.807) is 18.3 Å². The summed E-state index contributed by atoms with van der Waals surface area (Å²) < 4.78 is 27.2. The standard InChI is InChI=1S/C21H23N5O3S/c1-16-14-25(12-13-26(16)30(28,29)21-9-2-3-10-23-21)15-20(27)24-19-8-4-7-18-17(19)6-5-11-22-18/h2-11,16H,12-15H2,1H3,(H,24,27)/t16-/m1/s1. The molecule has 30 heavy (non-hydrogen) atoms. The highest BCUT2D eigenvalue weighted by Gasteiger charge is 2.34. The van der Waals surface area contributed by atoms with Gasteiger partial charge in [-0.2, -0.15) is 4.31 Å². The molecular weight excluding hydrogens is 402 g/mol. The van der Waals surface area contributed by atoms with Crippen LogP contribution >= 0.6 is 0 Å². The SMILES string of the molecule is C[C@@H]1CN(CC(=O)Nc2cccc3ncccc23)CCN1S(=O)(=O)c1ccccn1. The van der Waals surface area contributed by atoms with E-state index in [2.05, 4.69) is 15.3 Å². The predicted octanol–water partition coefficient (Wildman–Crippen LogP) is 1.96. The molecule has 1 aliphatic heterocycles. The summed E-state index contributed by atoms with van der Waals surface area (Å²) in [5.41, 5.74) is 1.53. The minimum atomic E-state index is -3.65. The number of aromatic nitrogens is 2. The lowest BCUT2D eigenvalue weighted by Gasteiger charge is -2.38. The minimum Gasteiger partial charge on any atom is -0.324 e. The molecular formula is C21H23N5O3S. The van der Waals surface area contributed by atoms with Crippen molar-refractivity contribution in [2.75, 3.05) is 31.5 Å². The Morgan fingerprint density at radius 2 is 1.90 bits per heavy atom. The van der Waals surface area contributed by atoms with E-state index < -0.39 is 10.0 Å². The van der Waals surface area contributed by atoms with Crippen LogP contribution in [-0.4, -0.2) is 65.7 Å². The molecule has 1 N–H and O–H groups in total. The molecule has 3 heterocycles. The molecule has 1 aliphatic rings. The average molecular weight is 426 g/mol. The second kappa shape index (κ2) is 8.47. The maximum atomic E-state index is 12.9. The van der Waals surface area contributed by atoms with Crippen molar-refractivity contribution < 1.29 is 13.2 Å². The number of nitrogens with zero attached hydrogens (tertiary/aromatic N) is 4. The number of sulfonamides is 1. The molecule has 1 fully saturated rings. The van der Waals surface area contributed by atoms with E-state index in [-0.39, 0.29) is 23.5 Å². The van der Waals surface area contributed by atoms with Gasteiger partial charge in [-0.1, -0.05) is 12.1 Å². The molecule has 1 aromatic carbocycles. The Kier molecular flexibility index (Phi) is 5.76. The first-order valence-electron chi connectivity index (χ1n) is 9.74. The maximum absolute atomic E-state index is 12.9. The van der Waals surface area contributed by atoms with Gasteiger partial charge in [-0.25, -0.2) is 13.4 Å². The van der Waals surface area contributed by atoms with Crippen LogP contribution < -0.4 is 5.32 Å². The molecule has 0 saturated carbocycles. The largest absolute Gasteiger partial charge is 0.324 e. The highest BCUT2D eigenvalue weighted by molar-refractivity contribution is 7.89. The average Bonchev–Trinajstić information content (AvgIpc) is 2.74. The molecule has 1 amide bonds. The molecule has 3 aromatic rings. The van der Waals surface area contributed by atoms with Gasteiger partial charge in [0.25, 0.3) is 10.0 Å². The smallest absolute Gasteiger partial charge is 0.260 e. The number of fused-ring (bicyclic) bond motifs is 1. The first-order chi connectivity index (χ1) is 14.4. The summed E-state index contributed by atoms with van der Waals surface area (Å²) in [6, 6.07) is 13.9. The molecule has 9 heteroatoms. The lowest BCUT2D eigenvalue weighted by atomic mass is 10.2. The zero-order valence-electron chi connectivity index (χ0n) is 16.6. The van der Waals surface area contributed by atoms with Gasteiger partial charge in [0.2, 0.25) is 5.91 Å². The number of piperazine rings is 1. The van der Waals surface area contributed by atoms with Crippen LogP contribution in [-0.2, 0) is 14.8 Å². The summed E-state index contributed by atoms with van der Waals surface area (Å²) in [6.07, 6.45) is 3.19. The third-order valence-corrected chi connectivity index (χ3v) is 7.08. The van der Waals surface area contributed by atoms with E-state index >= 15 is 0 Å². The van der Waals surface area contributed by atoms with E-state index in [4.69, 9.17) is 0 Å². The number of hydrogen-bond donors (Lipinski definition) is 1. The first kappa shape index (κ1) is 20.4. The van der Waals surface area contributed by atoms with E-state index in [0.29, 0.717) is 19.6 Å². The molecule has 0 radical (unpaired) electrons. The summed E-state index contributed by atoms with van der Waals surface area (Å²) in [5, 5.41) is 3.88. The number of carbonyl (C=O) groups is 1.